The Balaban J connectivity index is 1.28. The fraction of sp³-hybridized carbons (Fsp3) is 0.828. The maximum absolute atomic E-state index is 14.5. The molecule has 2 saturated heterocycles. The maximum atomic E-state index is 14.5. The summed E-state index contributed by atoms with van der Waals surface area (Å²) in [5.74, 6) is -2.89. The van der Waals surface area contributed by atoms with Gasteiger partial charge in [0.25, 0.3) is 0 Å². The van der Waals surface area contributed by atoms with Crippen LogP contribution in [0.25, 0.3) is 0 Å². The molecule has 224 valence electrons. The molecule has 0 spiro atoms. The quantitative estimate of drug-likeness (QED) is 0.428. The Bertz CT molecular complexity index is 1130. The van der Waals surface area contributed by atoms with Crippen LogP contribution >= 0.6 is 0 Å². The van der Waals surface area contributed by atoms with E-state index in [1.54, 1.807) is 0 Å². The summed E-state index contributed by atoms with van der Waals surface area (Å²) in [6, 6.07) is -1.50. The molecule has 5 aliphatic carbocycles. The Morgan fingerprint density at radius 2 is 1.71 bits per heavy atom. The van der Waals surface area contributed by atoms with Crippen molar-refractivity contribution in [2.75, 3.05) is 6.54 Å². The van der Waals surface area contributed by atoms with Crippen LogP contribution in [0.2, 0.25) is 0 Å². The van der Waals surface area contributed by atoms with E-state index < -0.39 is 53.4 Å². The summed E-state index contributed by atoms with van der Waals surface area (Å²) < 4.78 is 40.6. The van der Waals surface area contributed by atoms with Gasteiger partial charge in [0.15, 0.2) is 0 Å². The topological polar surface area (TPSA) is 131 Å². The number of rotatable bonds is 7. The first kappa shape index (κ1) is 28.3. The molecule has 0 aromatic rings. The number of amides is 4. The van der Waals surface area contributed by atoms with Gasteiger partial charge in [-0.05, 0) is 93.8 Å². The second-order valence-corrected chi connectivity index (χ2v) is 13.8. The van der Waals surface area contributed by atoms with Gasteiger partial charge in [0.1, 0.15) is 18.1 Å². The second-order valence-electron chi connectivity index (χ2n) is 13.8. The van der Waals surface area contributed by atoms with E-state index in [1.165, 1.54) is 4.90 Å². The fourth-order valence-corrected chi connectivity index (χ4v) is 9.91. The Hall–Kier alpha value is -2.84. The number of alkyl halides is 3. The molecule has 0 radical (unpaired) electrons. The van der Waals surface area contributed by atoms with Gasteiger partial charge in [-0.2, -0.15) is 18.4 Å². The van der Waals surface area contributed by atoms with Crippen LogP contribution < -0.4 is 16.0 Å². The van der Waals surface area contributed by atoms with Crippen LogP contribution in [0.4, 0.5) is 13.2 Å². The Morgan fingerprint density at radius 3 is 2.24 bits per heavy atom. The van der Waals surface area contributed by atoms with Crippen molar-refractivity contribution < 1.29 is 32.3 Å². The van der Waals surface area contributed by atoms with Crippen molar-refractivity contribution >= 4 is 23.6 Å². The van der Waals surface area contributed by atoms with Gasteiger partial charge in [-0.3, -0.25) is 19.2 Å². The number of likely N-dealkylation sites (tertiary alicyclic amines) is 1. The van der Waals surface area contributed by atoms with Crippen LogP contribution in [0.3, 0.4) is 0 Å². The first-order valence-electron chi connectivity index (χ1n) is 15.1. The molecule has 9 nitrogen and oxygen atoms in total. The van der Waals surface area contributed by atoms with Crippen LogP contribution in [-0.2, 0) is 19.2 Å². The van der Waals surface area contributed by atoms with Gasteiger partial charge >= 0.3 is 12.1 Å². The number of nitriles is 1. The highest BCUT2D eigenvalue weighted by Crippen LogP contribution is 2.62. The third kappa shape index (κ3) is 4.97. The van der Waals surface area contributed by atoms with E-state index in [0.29, 0.717) is 62.8 Å². The predicted molar refractivity (Wildman–Crippen MR) is 138 cm³/mol. The molecule has 12 heteroatoms. The Morgan fingerprint density at radius 1 is 1.07 bits per heavy atom. The molecule has 2 heterocycles. The van der Waals surface area contributed by atoms with Gasteiger partial charge in [0.05, 0.1) is 6.07 Å². The van der Waals surface area contributed by atoms with Crippen molar-refractivity contribution in [1.29, 1.82) is 5.26 Å². The lowest BCUT2D eigenvalue weighted by molar-refractivity contribution is -0.179. The summed E-state index contributed by atoms with van der Waals surface area (Å²) in [4.78, 5) is 54.0. The first-order valence-corrected chi connectivity index (χ1v) is 15.1. The zero-order chi connectivity index (χ0) is 29.3. The van der Waals surface area contributed by atoms with E-state index in [0.717, 1.165) is 19.3 Å². The van der Waals surface area contributed by atoms with E-state index >= 15 is 0 Å². The molecular weight excluding hydrogens is 539 g/mol. The fourth-order valence-electron chi connectivity index (χ4n) is 9.91. The zero-order valence-electron chi connectivity index (χ0n) is 23.2. The van der Waals surface area contributed by atoms with Crippen molar-refractivity contribution in [3.05, 3.63) is 0 Å². The summed E-state index contributed by atoms with van der Waals surface area (Å²) in [6.45, 7) is 2.51. The predicted octanol–water partition coefficient (Wildman–Crippen LogP) is 2.41. The SMILES string of the molecule is CC1C[C@@H]2C[C@H]1[C@@H](C(=O)N[C@H](C#N)C[C@@H]1CCNC1=O)N2C(=O)[C@@H](NC(=O)C(F)(F)F)C12CC3CC(CC(C3)C1)C2. The van der Waals surface area contributed by atoms with Crippen molar-refractivity contribution in [2.24, 2.45) is 40.9 Å². The number of hydrogen-bond donors (Lipinski definition) is 3. The highest BCUT2D eigenvalue weighted by atomic mass is 19.4. The van der Waals surface area contributed by atoms with E-state index in [1.807, 2.05) is 6.92 Å². The van der Waals surface area contributed by atoms with Gasteiger partial charge in [0.2, 0.25) is 17.7 Å². The molecular formula is C29H38F3N5O4. The maximum Gasteiger partial charge on any atom is 0.471 e. The van der Waals surface area contributed by atoms with E-state index in [-0.39, 0.29) is 30.2 Å². The van der Waals surface area contributed by atoms with Gasteiger partial charge in [-0.25, -0.2) is 0 Å². The van der Waals surface area contributed by atoms with Gasteiger partial charge in [0, 0.05) is 23.9 Å². The third-order valence-corrected chi connectivity index (χ3v) is 11.2. The molecule has 7 atom stereocenters. The minimum Gasteiger partial charge on any atom is -0.356 e. The average molecular weight is 578 g/mol. The second kappa shape index (κ2) is 10.2. The number of nitrogens with one attached hydrogen (secondary N) is 3. The molecule has 0 aromatic heterocycles. The minimum absolute atomic E-state index is 0.115. The van der Waals surface area contributed by atoms with E-state index in [2.05, 4.69) is 22.0 Å². The van der Waals surface area contributed by atoms with Crippen molar-refractivity contribution in [3.63, 3.8) is 0 Å². The lowest BCUT2D eigenvalue weighted by Crippen LogP contribution is -2.66. The lowest BCUT2D eigenvalue weighted by atomic mass is 9.47. The molecule has 1 unspecified atom stereocenters. The largest absolute Gasteiger partial charge is 0.471 e. The monoisotopic (exact) mass is 577 g/mol. The number of halogens is 3. The number of carbonyl (C=O) groups is 4. The normalized spacial score (nSPS) is 40.2. The van der Waals surface area contributed by atoms with Crippen molar-refractivity contribution in [2.45, 2.75) is 101 Å². The van der Waals surface area contributed by atoms with Crippen LogP contribution in [-0.4, -0.2) is 65.4 Å². The smallest absolute Gasteiger partial charge is 0.356 e. The Labute approximate surface area is 237 Å². The highest BCUT2D eigenvalue weighted by molar-refractivity contribution is 5.95. The minimum atomic E-state index is -5.14. The van der Waals surface area contributed by atoms with Gasteiger partial charge in [-0.15, -0.1) is 0 Å². The van der Waals surface area contributed by atoms with Crippen molar-refractivity contribution in [1.82, 2.24) is 20.9 Å². The molecule has 2 aliphatic heterocycles. The van der Waals surface area contributed by atoms with E-state index in [9.17, 15) is 37.6 Å². The van der Waals surface area contributed by atoms with Gasteiger partial charge in [-0.1, -0.05) is 6.92 Å². The summed E-state index contributed by atoms with van der Waals surface area (Å²) in [7, 11) is 0. The number of hydrogen-bond acceptors (Lipinski definition) is 5. The third-order valence-electron chi connectivity index (χ3n) is 11.2. The Kier molecular flexibility index (Phi) is 7.01. The van der Waals surface area contributed by atoms with Crippen LogP contribution in [0.15, 0.2) is 0 Å². The lowest BCUT2D eigenvalue weighted by Gasteiger charge is -2.59. The molecule has 41 heavy (non-hydrogen) atoms. The van der Waals surface area contributed by atoms with E-state index in [4.69, 9.17) is 0 Å². The molecule has 6 bridgehead atoms. The zero-order valence-corrected chi connectivity index (χ0v) is 23.2. The summed E-state index contributed by atoms with van der Waals surface area (Å²) in [5, 5.41) is 17.4. The molecule has 4 amide bonds. The molecule has 3 N–H and O–H groups in total. The molecule has 7 fully saturated rings. The van der Waals surface area contributed by atoms with Crippen LogP contribution in [0.1, 0.15) is 71.1 Å². The highest BCUT2D eigenvalue weighted by Gasteiger charge is 2.62. The number of nitrogens with zero attached hydrogens (tertiary/aromatic N) is 2. The summed E-state index contributed by atoms with van der Waals surface area (Å²) in [6.07, 6.45) is 1.59. The average Bonchev–Trinajstić information content (AvgIpc) is 3.58. The number of piperidine rings is 1. The van der Waals surface area contributed by atoms with Gasteiger partial charge < -0.3 is 20.9 Å². The van der Waals surface area contributed by atoms with Crippen molar-refractivity contribution in [3.8, 4) is 6.07 Å². The number of carbonyl (C=O) groups excluding carboxylic acids is 4. The molecule has 0 aromatic carbocycles. The standard InChI is InChI=1S/C29H38F3N5O4/c1-14-4-20-9-21(14)22(25(39)35-19(13-33)8-18-2-3-34-24(18)38)37(20)26(40)23(36-27(41)29(30,31)32)28-10-15-5-16(11-28)7-17(6-15)12-28/h14-23H,2-12H2,1H3,(H,34,38)(H,35,39)(H,36,41)/t14?,15?,16?,17?,18-,19-,20+,21+,22-,23+,28?/m0/s1. The number of fused-ring (bicyclic) bond motifs is 2. The molecule has 7 aliphatic rings. The van der Waals surface area contributed by atoms with Crippen LogP contribution in [0.5, 0.6) is 0 Å². The summed E-state index contributed by atoms with van der Waals surface area (Å²) in [5.41, 5.74) is -0.758. The first-order chi connectivity index (χ1) is 19.4. The van der Waals surface area contributed by atoms with Crippen LogP contribution in [0, 0.1) is 52.3 Å². The summed E-state index contributed by atoms with van der Waals surface area (Å²) >= 11 is 0. The molecule has 7 rings (SSSR count). The molecule has 5 saturated carbocycles.